The van der Waals surface area contributed by atoms with E-state index in [-0.39, 0.29) is 28.8 Å². The van der Waals surface area contributed by atoms with E-state index in [1.165, 1.54) is 0 Å². The maximum atomic E-state index is 12.5. The lowest BCUT2D eigenvalue weighted by atomic mass is 9.96. The molecule has 2 fully saturated rings. The molecule has 5 nitrogen and oxygen atoms in total. The average Bonchev–Trinajstić information content (AvgIpc) is 2.89. The largest absolute Gasteiger partial charge is 0.398 e. The molecule has 0 spiro atoms. The third-order valence-electron chi connectivity index (χ3n) is 3.92. The molecule has 6 heteroatoms. The molecule has 3 N–H and O–H groups in total. The van der Waals surface area contributed by atoms with Gasteiger partial charge >= 0.3 is 0 Å². The molecule has 2 aliphatic rings. The summed E-state index contributed by atoms with van der Waals surface area (Å²) in [5.74, 6) is 0. The summed E-state index contributed by atoms with van der Waals surface area (Å²) in [5, 5.41) is 0. The van der Waals surface area contributed by atoms with E-state index in [1.54, 1.807) is 25.1 Å². The van der Waals surface area contributed by atoms with Crippen molar-refractivity contribution in [3.05, 3.63) is 23.8 Å². The van der Waals surface area contributed by atoms with Gasteiger partial charge in [0, 0.05) is 0 Å². The zero-order chi connectivity index (χ0) is 13.6. The quantitative estimate of drug-likeness (QED) is 0.816. The van der Waals surface area contributed by atoms with E-state index in [4.69, 9.17) is 10.5 Å². The third-order valence-corrected chi connectivity index (χ3v) is 5.63. The van der Waals surface area contributed by atoms with E-state index in [2.05, 4.69) is 4.72 Å². The highest BCUT2D eigenvalue weighted by atomic mass is 32.2. The van der Waals surface area contributed by atoms with Crippen LogP contribution in [0, 0.1) is 6.92 Å². The fraction of sp³-hybridized carbons (Fsp3) is 0.538. The molecule has 0 saturated carbocycles. The Morgan fingerprint density at radius 2 is 2.16 bits per heavy atom. The van der Waals surface area contributed by atoms with E-state index < -0.39 is 10.0 Å². The summed E-state index contributed by atoms with van der Waals surface area (Å²) in [6.07, 6.45) is 2.96. The molecule has 3 rings (SSSR count). The molecule has 0 aliphatic carbocycles. The van der Waals surface area contributed by atoms with Crippen molar-refractivity contribution >= 4 is 15.7 Å². The van der Waals surface area contributed by atoms with Gasteiger partial charge in [0.15, 0.2) is 0 Å². The van der Waals surface area contributed by atoms with Crippen LogP contribution in [0.2, 0.25) is 0 Å². The van der Waals surface area contributed by atoms with Gasteiger partial charge in [-0.2, -0.15) is 0 Å². The van der Waals surface area contributed by atoms with E-state index in [1.807, 2.05) is 0 Å². The highest BCUT2D eigenvalue weighted by molar-refractivity contribution is 7.89. The number of aryl methyl sites for hydroxylation is 1. The minimum absolute atomic E-state index is 0.0185. The Kier molecular flexibility index (Phi) is 3.03. The number of anilines is 1. The number of hydrogen-bond acceptors (Lipinski definition) is 4. The first-order valence-corrected chi connectivity index (χ1v) is 7.98. The molecule has 0 radical (unpaired) electrons. The Hall–Kier alpha value is -1.11. The fourth-order valence-electron chi connectivity index (χ4n) is 3.06. The van der Waals surface area contributed by atoms with Gasteiger partial charge in [-0.15, -0.1) is 0 Å². The van der Waals surface area contributed by atoms with Crippen LogP contribution in [0.15, 0.2) is 23.1 Å². The Balaban J connectivity index is 1.87. The number of nitrogen functional groups attached to an aromatic ring is 1. The van der Waals surface area contributed by atoms with Crippen molar-refractivity contribution in [2.75, 3.05) is 5.73 Å². The van der Waals surface area contributed by atoms with Crippen molar-refractivity contribution < 1.29 is 13.2 Å². The van der Waals surface area contributed by atoms with Crippen LogP contribution >= 0.6 is 0 Å². The number of nitrogens with one attached hydrogen (secondary N) is 1. The first-order valence-electron chi connectivity index (χ1n) is 6.50. The lowest BCUT2D eigenvalue weighted by molar-refractivity contribution is 0.0996. The first kappa shape index (κ1) is 12.9. The smallest absolute Gasteiger partial charge is 0.243 e. The summed E-state index contributed by atoms with van der Waals surface area (Å²) in [5.41, 5.74) is 6.76. The molecule has 2 aliphatic heterocycles. The lowest BCUT2D eigenvalue weighted by Crippen LogP contribution is -2.41. The Labute approximate surface area is 113 Å². The lowest BCUT2D eigenvalue weighted by Gasteiger charge is -2.21. The molecule has 1 aromatic carbocycles. The predicted molar refractivity (Wildman–Crippen MR) is 72.2 cm³/mol. The van der Waals surface area contributed by atoms with E-state index in [9.17, 15) is 8.42 Å². The zero-order valence-electron chi connectivity index (χ0n) is 10.8. The van der Waals surface area contributed by atoms with Crippen LogP contribution in [0.1, 0.15) is 24.8 Å². The molecule has 3 unspecified atom stereocenters. The molecule has 3 atom stereocenters. The highest BCUT2D eigenvalue weighted by Gasteiger charge is 2.42. The number of ether oxygens (including phenoxy) is 1. The number of rotatable bonds is 3. The summed E-state index contributed by atoms with van der Waals surface area (Å²) in [6.45, 7) is 1.75. The maximum Gasteiger partial charge on any atom is 0.243 e. The normalized spacial score (nSPS) is 29.8. The number of sulfonamides is 1. The molecule has 2 saturated heterocycles. The van der Waals surface area contributed by atoms with Gasteiger partial charge in [0.2, 0.25) is 10.0 Å². The summed E-state index contributed by atoms with van der Waals surface area (Å²) >= 11 is 0. The van der Waals surface area contributed by atoms with E-state index in [0.29, 0.717) is 5.56 Å². The monoisotopic (exact) mass is 282 g/mol. The molecule has 2 heterocycles. The number of hydrogen-bond donors (Lipinski definition) is 2. The van der Waals surface area contributed by atoms with Gasteiger partial charge in [0.05, 0.1) is 23.9 Å². The molecular formula is C13H18N2O3S. The van der Waals surface area contributed by atoms with Crippen LogP contribution < -0.4 is 10.5 Å². The molecule has 1 aromatic rings. The Bertz CT molecular complexity index is 580. The standard InChI is InChI=1S/C13H18N2O3S/c1-8-3-2-4-10(14)13(8)19(16,17)15-11-7-9-5-6-12(11)18-9/h2-4,9,11-12,15H,5-7,14H2,1H3. The van der Waals surface area contributed by atoms with Crippen molar-refractivity contribution in [2.45, 2.75) is 49.3 Å². The minimum atomic E-state index is -3.58. The summed E-state index contributed by atoms with van der Waals surface area (Å²) < 4.78 is 33.3. The molecule has 104 valence electrons. The number of benzene rings is 1. The second kappa shape index (κ2) is 4.47. The topological polar surface area (TPSA) is 81.4 Å². The summed E-state index contributed by atoms with van der Waals surface area (Å²) in [7, 11) is -3.58. The van der Waals surface area contributed by atoms with Gasteiger partial charge in [-0.1, -0.05) is 12.1 Å². The maximum absolute atomic E-state index is 12.5. The van der Waals surface area contributed by atoms with Crippen LogP contribution in [-0.2, 0) is 14.8 Å². The Morgan fingerprint density at radius 3 is 2.74 bits per heavy atom. The van der Waals surface area contributed by atoms with E-state index >= 15 is 0 Å². The van der Waals surface area contributed by atoms with Crippen molar-refractivity contribution in [2.24, 2.45) is 0 Å². The van der Waals surface area contributed by atoms with Gasteiger partial charge in [0.1, 0.15) is 4.90 Å². The van der Waals surface area contributed by atoms with Gasteiger partial charge in [-0.3, -0.25) is 0 Å². The van der Waals surface area contributed by atoms with Gasteiger partial charge in [-0.05, 0) is 37.8 Å². The van der Waals surface area contributed by atoms with Crippen LogP contribution in [-0.4, -0.2) is 26.7 Å². The van der Waals surface area contributed by atoms with Gasteiger partial charge < -0.3 is 10.5 Å². The fourth-order valence-corrected chi connectivity index (χ4v) is 4.70. The van der Waals surface area contributed by atoms with Crippen molar-refractivity contribution in [1.29, 1.82) is 0 Å². The number of nitrogens with two attached hydrogens (primary N) is 1. The summed E-state index contributed by atoms with van der Waals surface area (Å²) in [4.78, 5) is 0.192. The second-order valence-electron chi connectivity index (χ2n) is 5.33. The minimum Gasteiger partial charge on any atom is -0.398 e. The molecule has 0 amide bonds. The molecule has 0 aromatic heterocycles. The van der Waals surface area contributed by atoms with Gasteiger partial charge in [0.25, 0.3) is 0 Å². The van der Waals surface area contributed by atoms with Crippen molar-refractivity contribution in [1.82, 2.24) is 4.72 Å². The van der Waals surface area contributed by atoms with Crippen molar-refractivity contribution in [3.63, 3.8) is 0 Å². The highest BCUT2D eigenvalue weighted by Crippen LogP contribution is 2.35. The molecule has 19 heavy (non-hydrogen) atoms. The van der Waals surface area contributed by atoms with Crippen molar-refractivity contribution in [3.8, 4) is 0 Å². The van der Waals surface area contributed by atoms with Crippen LogP contribution in [0.3, 0.4) is 0 Å². The van der Waals surface area contributed by atoms with Gasteiger partial charge in [-0.25, -0.2) is 13.1 Å². The SMILES string of the molecule is Cc1cccc(N)c1S(=O)(=O)NC1CC2CCC1O2. The molecule has 2 bridgehead atoms. The summed E-state index contributed by atoms with van der Waals surface area (Å²) in [6, 6.07) is 4.99. The van der Waals surface area contributed by atoms with Crippen LogP contribution in [0.4, 0.5) is 5.69 Å². The Morgan fingerprint density at radius 1 is 1.37 bits per heavy atom. The average molecular weight is 282 g/mol. The van der Waals surface area contributed by atoms with E-state index in [0.717, 1.165) is 19.3 Å². The van der Waals surface area contributed by atoms with Crippen LogP contribution in [0.25, 0.3) is 0 Å². The first-order chi connectivity index (χ1) is 8.97. The number of fused-ring (bicyclic) bond motifs is 2. The predicted octanol–water partition coefficient (Wildman–Crippen LogP) is 1.18. The zero-order valence-corrected chi connectivity index (χ0v) is 11.6. The molecular weight excluding hydrogens is 264 g/mol. The second-order valence-corrected chi connectivity index (χ2v) is 6.98. The van der Waals surface area contributed by atoms with Crippen LogP contribution in [0.5, 0.6) is 0 Å². The third kappa shape index (κ3) is 2.24.